The minimum atomic E-state index is -0.780. The third-order valence-corrected chi connectivity index (χ3v) is 3.97. The van der Waals surface area contributed by atoms with Gasteiger partial charge in [-0.05, 0) is 18.4 Å². The predicted molar refractivity (Wildman–Crippen MR) is 75.0 cm³/mol. The molecule has 1 aromatic rings. The number of rotatable bonds is 3. The minimum Gasteiger partial charge on any atom is -0.409 e. The fourth-order valence-electron chi connectivity index (χ4n) is 2.23. The first-order valence-electron chi connectivity index (χ1n) is 5.84. The Kier molecular flexibility index (Phi) is 4.18. The van der Waals surface area contributed by atoms with Crippen LogP contribution in [0.25, 0.3) is 0 Å². The molecule has 7 heteroatoms. The smallest absolute Gasteiger partial charge is 0.173 e. The monoisotopic (exact) mass is 283 g/mol. The van der Waals surface area contributed by atoms with Gasteiger partial charge in [-0.25, -0.2) is 0 Å². The van der Waals surface area contributed by atoms with Gasteiger partial charge in [-0.2, -0.15) is 0 Å². The standard InChI is InChI=1S/C12H17N3O3S/c1-19-10-4-2-3-7(11(10)12(13)14-18)15-5-8(16)9(17)6-15/h2-4,8-9,16-18H,5-6H2,1H3,(H2,13,14). The molecule has 5 N–H and O–H groups in total. The summed E-state index contributed by atoms with van der Waals surface area (Å²) in [7, 11) is 0. The molecule has 0 aromatic heterocycles. The fourth-order valence-corrected chi connectivity index (χ4v) is 2.85. The van der Waals surface area contributed by atoms with E-state index in [9.17, 15) is 10.2 Å². The van der Waals surface area contributed by atoms with Crippen molar-refractivity contribution in [3.63, 3.8) is 0 Å². The quantitative estimate of drug-likeness (QED) is 0.205. The Morgan fingerprint density at radius 1 is 1.37 bits per heavy atom. The Balaban J connectivity index is 2.46. The average molecular weight is 283 g/mol. The SMILES string of the molecule is CSc1cccc(N2CC(O)C(O)C2)c1/C(N)=N/O. The van der Waals surface area contributed by atoms with Gasteiger partial charge in [0.05, 0.1) is 17.8 Å². The van der Waals surface area contributed by atoms with E-state index in [1.54, 1.807) is 0 Å². The number of hydrogen-bond acceptors (Lipinski definition) is 6. The molecule has 0 radical (unpaired) electrons. The van der Waals surface area contributed by atoms with Crippen molar-refractivity contribution in [3.05, 3.63) is 23.8 Å². The van der Waals surface area contributed by atoms with Crippen LogP contribution in [-0.2, 0) is 0 Å². The summed E-state index contributed by atoms with van der Waals surface area (Å²) in [6.45, 7) is 0.648. The summed E-state index contributed by atoms with van der Waals surface area (Å²) in [5.41, 5.74) is 7.12. The number of hydrogen-bond donors (Lipinski definition) is 4. The number of β-amino-alcohol motifs (C(OH)–C–C–N with tert-alkyl or cyclic N) is 2. The van der Waals surface area contributed by atoms with Gasteiger partial charge in [0.2, 0.25) is 0 Å². The van der Waals surface area contributed by atoms with Gasteiger partial charge in [0.25, 0.3) is 0 Å². The first-order valence-corrected chi connectivity index (χ1v) is 7.07. The van der Waals surface area contributed by atoms with Crippen molar-refractivity contribution in [2.75, 3.05) is 24.2 Å². The number of aliphatic hydroxyl groups is 2. The molecule has 2 unspecified atom stereocenters. The largest absolute Gasteiger partial charge is 0.409 e. The van der Waals surface area contributed by atoms with Crippen LogP contribution in [0.15, 0.2) is 28.3 Å². The molecule has 6 nitrogen and oxygen atoms in total. The topological polar surface area (TPSA) is 102 Å². The highest BCUT2D eigenvalue weighted by molar-refractivity contribution is 7.98. The third-order valence-electron chi connectivity index (χ3n) is 3.19. The van der Waals surface area contributed by atoms with E-state index >= 15 is 0 Å². The van der Waals surface area contributed by atoms with Gasteiger partial charge in [-0.3, -0.25) is 0 Å². The van der Waals surface area contributed by atoms with Crippen molar-refractivity contribution in [1.82, 2.24) is 0 Å². The molecule has 2 atom stereocenters. The maximum atomic E-state index is 9.63. The molecule has 1 aliphatic rings. The van der Waals surface area contributed by atoms with Crippen molar-refractivity contribution in [2.24, 2.45) is 10.9 Å². The van der Waals surface area contributed by atoms with Crippen LogP contribution in [0, 0.1) is 0 Å². The Hall–Kier alpha value is -1.44. The van der Waals surface area contributed by atoms with E-state index in [1.165, 1.54) is 11.8 Å². The van der Waals surface area contributed by atoms with E-state index in [-0.39, 0.29) is 5.84 Å². The lowest BCUT2D eigenvalue weighted by atomic mass is 10.1. The number of nitrogens with zero attached hydrogens (tertiary/aromatic N) is 2. The van der Waals surface area contributed by atoms with E-state index in [2.05, 4.69) is 5.16 Å². The number of nitrogens with two attached hydrogens (primary N) is 1. The van der Waals surface area contributed by atoms with E-state index in [0.29, 0.717) is 18.7 Å². The van der Waals surface area contributed by atoms with Gasteiger partial charge in [0, 0.05) is 23.7 Å². The number of oxime groups is 1. The first kappa shape index (κ1) is 14.0. The van der Waals surface area contributed by atoms with E-state index in [0.717, 1.165) is 10.6 Å². The van der Waals surface area contributed by atoms with Crippen LogP contribution in [-0.4, -0.2) is 52.8 Å². The lowest BCUT2D eigenvalue weighted by molar-refractivity contribution is 0.0572. The van der Waals surface area contributed by atoms with Gasteiger partial charge < -0.3 is 26.1 Å². The molecule has 0 spiro atoms. The molecule has 2 rings (SSSR count). The van der Waals surface area contributed by atoms with Gasteiger partial charge in [0.1, 0.15) is 0 Å². The maximum absolute atomic E-state index is 9.63. The minimum absolute atomic E-state index is 0.0239. The molecule has 1 fully saturated rings. The third kappa shape index (κ3) is 2.63. The Labute approximate surface area is 115 Å². The van der Waals surface area contributed by atoms with Crippen LogP contribution >= 0.6 is 11.8 Å². The molecule has 1 aromatic carbocycles. The van der Waals surface area contributed by atoms with Crippen LogP contribution in [0.3, 0.4) is 0 Å². The molecule has 0 saturated carbocycles. The van der Waals surface area contributed by atoms with Gasteiger partial charge in [-0.15, -0.1) is 11.8 Å². The normalized spacial score (nSPS) is 23.9. The van der Waals surface area contributed by atoms with Gasteiger partial charge in [0.15, 0.2) is 5.84 Å². The summed E-state index contributed by atoms with van der Waals surface area (Å²) in [6.07, 6.45) is 0.345. The summed E-state index contributed by atoms with van der Waals surface area (Å²) in [5.74, 6) is 0.0239. The molecule has 0 amide bonds. The van der Waals surface area contributed by atoms with Crippen LogP contribution in [0.5, 0.6) is 0 Å². The Morgan fingerprint density at radius 2 is 2.00 bits per heavy atom. The molecular weight excluding hydrogens is 266 g/mol. The lowest BCUT2D eigenvalue weighted by Gasteiger charge is -2.22. The number of amidine groups is 1. The summed E-state index contributed by atoms with van der Waals surface area (Å²) >= 11 is 1.49. The van der Waals surface area contributed by atoms with Gasteiger partial charge in [-0.1, -0.05) is 11.2 Å². The fraction of sp³-hybridized carbons (Fsp3) is 0.417. The van der Waals surface area contributed by atoms with E-state index < -0.39 is 12.2 Å². The highest BCUT2D eigenvalue weighted by atomic mass is 32.2. The molecule has 1 heterocycles. The van der Waals surface area contributed by atoms with Gasteiger partial charge >= 0.3 is 0 Å². The number of anilines is 1. The van der Waals surface area contributed by atoms with E-state index in [1.807, 2.05) is 29.4 Å². The predicted octanol–water partition coefficient (Wildman–Crippen LogP) is 0.0448. The zero-order valence-corrected chi connectivity index (χ0v) is 11.3. The molecule has 1 aliphatic heterocycles. The molecule has 19 heavy (non-hydrogen) atoms. The Morgan fingerprint density at radius 3 is 2.53 bits per heavy atom. The summed E-state index contributed by atoms with van der Waals surface area (Å²) < 4.78 is 0. The molecule has 0 bridgehead atoms. The molecule has 0 aliphatic carbocycles. The van der Waals surface area contributed by atoms with Crippen molar-refractivity contribution in [3.8, 4) is 0 Å². The zero-order valence-electron chi connectivity index (χ0n) is 10.5. The number of aliphatic hydroxyl groups excluding tert-OH is 2. The van der Waals surface area contributed by atoms with Crippen LogP contribution in [0.2, 0.25) is 0 Å². The van der Waals surface area contributed by atoms with Crippen LogP contribution in [0.4, 0.5) is 5.69 Å². The van der Waals surface area contributed by atoms with E-state index in [4.69, 9.17) is 10.9 Å². The summed E-state index contributed by atoms with van der Waals surface area (Å²) in [4.78, 5) is 2.71. The first-order chi connectivity index (χ1) is 9.08. The van der Waals surface area contributed by atoms with Crippen LogP contribution in [0.1, 0.15) is 5.56 Å². The lowest BCUT2D eigenvalue weighted by Crippen LogP contribution is -2.26. The summed E-state index contributed by atoms with van der Waals surface area (Å²) in [6, 6.07) is 5.58. The van der Waals surface area contributed by atoms with Crippen molar-refractivity contribution >= 4 is 23.3 Å². The van der Waals surface area contributed by atoms with Crippen molar-refractivity contribution in [1.29, 1.82) is 0 Å². The molecule has 104 valence electrons. The van der Waals surface area contributed by atoms with Crippen molar-refractivity contribution < 1.29 is 15.4 Å². The maximum Gasteiger partial charge on any atom is 0.173 e. The number of thioether (sulfide) groups is 1. The highest BCUT2D eigenvalue weighted by Gasteiger charge is 2.31. The Bertz CT molecular complexity index is 485. The zero-order chi connectivity index (χ0) is 14.0. The van der Waals surface area contributed by atoms with Crippen molar-refractivity contribution in [2.45, 2.75) is 17.1 Å². The molecular formula is C12H17N3O3S. The molecule has 1 saturated heterocycles. The summed E-state index contributed by atoms with van der Waals surface area (Å²) in [5, 5.41) is 31.3. The highest BCUT2D eigenvalue weighted by Crippen LogP contribution is 2.31. The number of benzene rings is 1. The second kappa shape index (κ2) is 5.68. The second-order valence-corrected chi connectivity index (χ2v) is 5.23. The average Bonchev–Trinajstić information content (AvgIpc) is 2.76. The second-order valence-electron chi connectivity index (χ2n) is 4.38. The van der Waals surface area contributed by atoms with Crippen LogP contribution < -0.4 is 10.6 Å².